The minimum absolute atomic E-state index is 0.198. The van der Waals surface area contributed by atoms with Crippen molar-refractivity contribution in [3.05, 3.63) is 65.5 Å². The molecule has 2 aromatic rings. The van der Waals surface area contributed by atoms with Gasteiger partial charge in [0.25, 0.3) is 0 Å². The Hall–Kier alpha value is -2.20. The molecule has 0 N–H and O–H groups in total. The molecule has 0 bridgehead atoms. The fourth-order valence-corrected chi connectivity index (χ4v) is 3.82. The van der Waals surface area contributed by atoms with Crippen LogP contribution in [0.1, 0.15) is 29.2 Å². The number of aromatic nitrogens is 1. The predicted molar refractivity (Wildman–Crippen MR) is 98.1 cm³/mol. The van der Waals surface area contributed by atoms with Crippen LogP contribution in [0.25, 0.3) is 0 Å². The molecular formula is C21H25N3O. The number of aryl methyl sites for hydroxylation is 1. The summed E-state index contributed by atoms with van der Waals surface area (Å²) in [4.78, 5) is 21.6. The number of pyridine rings is 1. The third-order valence-corrected chi connectivity index (χ3v) is 5.37. The van der Waals surface area contributed by atoms with Crippen molar-refractivity contribution in [3.8, 4) is 0 Å². The van der Waals surface area contributed by atoms with Crippen LogP contribution in [-0.4, -0.2) is 46.9 Å². The molecule has 1 aromatic carbocycles. The van der Waals surface area contributed by atoms with Gasteiger partial charge in [0.2, 0.25) is 5.91 Å². The van der Waals surface area contributed by atoms with Crippen LogP contribution >= 0.6 is 0 Å². The van der Waals surface area contributed by atoms with Gasteiger partial charge in [0.15, 0.2) is 0 Å². The van der Waals surface area contributed by atoms with Gasteiger partial charge >= 0.3 is 0 Å². The highest BCUT2D eigenvalue weighted by Gasteiger charge is 2.46. The van der Waals surface area contributed by atoms with Crippen molar-refractivity contribution in [1.82, 2.24) is 14.8 Å². The summed E-state index contributed by atoms with van der Waals surface area (Å²) in [5.41, 5.74) is 3.70. The molecule has 1 aliphatic heterocycles. The lowest BCUT2D eigenvalue weighted by molar-refractivity contribution is -0.134. The van der Waals surface area contributed by atoms with Crippen LogP contribution in [0.15, 0.2) is 48.7 Å². The molecule has 1 saturated carbocycles. The third kappa shape index (κ3) is 3.74. The second-order valence-corrected chi connectivity index (χ2v) is 7.29. The Labute approximate surface area is 149 Å². The first kappa shape index (κ1) is 16.3. The molecule has 4 rings (SSSR count). The van der Waals surface area contributed by atoms with Gasteiger partial charge in [0, 0.05) is 44.8 Å². The van der Waals surface area contributed by atoms with Gasteiger partial charge < -0.3 is 4.90 Å². The summed E-state index contributed by atoms with van der Waals surface area (Å²) in [5, 5.41) is 0. The second-order valence-electron chi connectivity index (χ2n) is 7.29. The average molecular weight is 335 g/mol. The zero-order chi connectivity index (χ0) is 17.2. The van der Waals surface area contributed by atoms with E-state index in [4.69, 9.17) is 0 Å². The summed E-state index contributed by atoms with van der Waals surface area (Å²) in [7, 11) is 0. The van der Waals surface area contributed by atoms with Crippen molar-refractivity contribution >= 4 is 5.91 Å². The van der Waals surface area contributed by atoms with Crippen LogP contribution in [0.5, 0.6) is 0 Å². The minimum Gasteiger partial charge on any atom is -0.340 e. The molecule has 1 saturated heterocycles. The van der Waals surface area contributed by atoms with Crippen LogP contribution in [-0.2, 0) is 11.3 Å². The number of carbonyl (C=O) groups is 1. The Bertz CT molecular complexity index is 738. The van der Waals surface area contributed by atoms with Crippen molar-refractivity contribution in [2.24, 2.45) is 5.92 Å². The molecule has 2 fully saturated rings. The van der Waals surface area contributed by atoms with Crippen LogP contribution in [0.2, 0.25) is 0 Å². The fraction of sp³-hybridized carbons (Fsp3) is 0.429. The molecule has 1 aromatic heterocycles. The van der Waals surface area contributed by atoms with E-state index in [1.807, 2.05) is 18.3 Å². The van der Waals surface area contributed by atoms with Gasteiger partial charge in [-0.3, -0.25) is 14.7 Å². The van der Waals surface area contributed by atoms with E-state index in [9.17, 15) is 4.79 Å². The number of nitrogens with zero attached hydrogens (tertiary/aromatic N) is 3. The standard InChI is InChI=1S/C21H25N3O/c1-16-5-4-6-17(13-16)19-14-20(19)21(25)24-11-9-23(10-12-24)15-18-7-2-3-8-22-18/h2-8,13,19-20H,9-12,14-15H2,1H3. The molecule has 2 unspecified atom stereocenters. The maximum atomic E-state index is 12.8. The first-order valence-electron chi connectivity index (χ1n) is 9.18. The molecule has 4 nitrogen and oxygen atoms in total. The Morgan fingerprint density at radius 1 is 1.12 bits per heavy atom. The molecule has 0 spiro atoms. The van der Waals surface area contributed by atoms with Gasteiger partial charge in [-0.1, -0.05) is 35.9 Å². The van der Waals surface area contributed by atoms with E-state index in [0.29, 0.717) is 11.8 Å². The van der Waals surface area contributed by atoms with Crippen LogP contribution in [0, 0.1) is 12.8 Å². The molecule has 1 aliphatic carbocycles. The number of piperazine rings is 1. The van der Waals surface area contributed by atoms with Gasteiger partial charge in [-0.15, -0.1) is 0 Å². The van der Waals surface area contributed by atoms with Crippen molar-refractivity contribution in [2.75, 3.05) is 26.2 Å². The van der Waals surface area contributed by atoms with Crippen LogP contribution in [0.4, 0.5) is 0 Å². The normalized spacial score (nSPS) is 23.5. The summed E-state index contributed by atoms with van der Waals surface area (Å²) in [6, 6.07) is 14.6. The first-order chi connectivity index (χ1) is 12.2. The Morgan fingerprint density at radius 2 is 1.96 bits per heavy atom. The summed E-state index contributed by atoms with van der Waals surface area (Å²) in [6.07, 6.45) is 2.85. The molecule has 2 atom stereocenters. The van der Waals surface area contributed by atoms with Crippen LogP contribution in [0.3, 0.4) is 0 Å². The lowest BCUT2D eigenvalue weighted by atomic mass is 10.1. The lowest BCUT2D eigenvalue weighted by Gasteiger charge is -2.34. The largest absolute Gasteiger partial charge is 0.340 e. The molecule has 130 valence electrons. The number of rotatable bonds is 4. The molecule has 1 amide bonds. The van der Waals surface area contributed by atoms with Crippen molar-refractivity contribution in [1.29, 1.82) is 0 Å². The van der Waals surface area contributed by atoms with Crippen molar-refractivity contribution < 1.29 is 4.79 Å². The maximum Gasteiger partial charge on any atom is 0.226 e. The molecular weight excluding hydrogens is 310 g/mol. The fourth-order valence-electron chi connectivity index (χ4n) is 3.82. The molecule has 0 radical (unpaired) electrons. The van der Waals surface area contributed by atoms with E-state index in [-0.39, 0.29) is 5.92 Å². The van der Waals surface area contributed by atoms with E-state index in [0.717, 1.165) is 44.8 Å². The second kappa shape index (κ2) is 6.96. The quantitative estimate of drug-likeness (QED) is 0.862. The SMILES string of the molecule is Cc1cccc(C2CC2C(=O)N2CCN(Cc3ccccn3)CC2)c1. The van der Waals surface area contributed by atoms with Gasteiger partial charge in [-0.25, -0.2) is 0 Å². The van der Waals surface area contributed by atoms with E-state index in [1.54, 1.807) is 0 Å². The van der Waals surface area contributed by atoms with E-state index in [1.165, 1.54) is 11.1 Å². The zero-order valence-electron chi connectivity index (χ0n) is 14.8. The van der Waals surface area contributed by atoms with Crippen molar-refractivity contribution in [2.45, 2.75) is 25.8 Å². The third-order valence-electron chi connectivity index (χ3n) is 5.37. The van der Waals surface area contributed by atoms with Crippen LogP contribution < -0.4 is 0 Å². The van der Waals surface area contributed by atoms with E-state index >= 15 is 0 Å². The molecule has 2 heterocycles. The Balaban J connectivity index is 1.29. The molecule has 4 heteroatoms. The average Bonchev–Trinajstić information content (AvgIpc) is 3.43. The Morgan fingerprint density at radius 3 is 2.68 bits per heavy atom. The zero-order valence-corrected chi connectivity index (χ0v) is 14.8. The van der Waals surface area contributed by atoms with Gasteiger partial charge in [0.05, 0.1) is 5.69 Å². The summed E-state index contributed by atoms with van der Waals surface area (Å²) in [6.45, 7) is 6.53. The molecule has 2 aliphatic rings. The lowest BCUT2D eigenvalue weighted by Crippen LogP contribution is -2.48. The monoisotopic (exact) mass is 335 g/mol. The topological polar surface area (TPSA) is 36.4 Å². The minimum atomic E-state index is 0.198. The highest BCUT2D eigenvalue weighted by atomic mass is 16.2. The van der Waals surface area contributed by atoms with Gasteiger partial charge in [-0.05, 0) is 37.0 Å². The number of hydrogen-bond acceptors (Lipinski definition) is 3. The molecule has 25 heavy (non-hydrogen) atoms. The highest BCUT2D eigenvalue weighted by molar-refractivity contribution is 5.83. The number of amides is 1. The van der Waals surface area contributed by atoms with Gasteiger partial charge in [0.1, 0.15) is 0 Å². The predicted octanol–water partition coefficient (Wildman–Crippen LogP) is 2.84. The summed E-state index contributed by atoms with van der Waals surface area (Å²) in [5.74, 6) is 0.979. The Kier molecular flexibility index (Phi) is 4.53. The van der Waals surface area contributed by atoms with Gasteiger partial charge in [-0.2, -0.15) is 0 Å². The maximum absolute atomic E-state index is 12.8. The highest BCUT2D eigenvalue weighted by Crippen LogP contribution is 2.48. The van der Waals surface area contributed by atoms with E-state index in [2.05, 4.69) is 52.0 Å². The van der Waals surface area contributed by atoms with Crippen molar-refractivity contribution in [3.63, 3.8) is 0 Å². The summed E-state index contributed by atoms with van der Waals surface area (Å²) < 4.78 is 0. The van der Waals surface area contributed by atoms with E-state index < -0.39 is 0 Å². The summed E-state index contributed by atoms with van der Waals surface area (Å²) >= 11 is 0. The number of hydrogen-bond donors (Lipinski definition) is 0. The smallest absolute Gasteiger partial charge is 0.226 e. The number of carbonyl (C=O) groups excluding carboxylic acids is 1. The number of benzene rings is 1. The first-order valence-corrected chi connectivity index (χ1v) is 9.18.